The first-order chi connectivity index (χ1) is 13.6. The van der Waals surface area contributed by atoms with E-state index in [1.165, 1.54) is 6.07 Å². The van der Waals surface area contributed by atoms with Crippen molar-refractivity contribution in [2.24, 2.45) is 0 Å². The van der Waals surface area contributed by atoms with Gasteiger partial charge in [0.15, 0.2) is 0 Å². The van der Waals surface area contributed by atoms with Crippen LogP contribution >= 0.6 is 0 Å². The van der Waals surface area contributed by atoms with Crippen LogP contribution in [0.3, 0.4) is 0 Å². The van der Waals surface area contributed by atoms with Gasteiger partial charge in [-0.1, -0.05) is 48.5 Å². The summed E-state index contributed by atoms with van der Waals surface area (Å²) in [7, 11) is 0. The van der Waals surface area contributed by atoms with E-state index < -0.39 is 5.82 Å². The summed E-state index contributed by atoms with van der Waals surface area (Å²) in [5, 5.41) is 11.8. The summed E-state index contributed by atoms with van der Waals surface area (Å²) >= 11 is 0. The average Bonchev–Trinajstić information content (AvgIpc) is 3.16. The fraction of sp³-hybridized carbons (Fsp3) is 0.130. The first-order valence-corrected chi connectivity index (χ1v) is 9.08. The second kappa shape index (κ2) is 7.64. The zero-order valence-electron chi connectivity index (χ0n) is 15.7. The predicted octanol–water partition coefficient (Wildman–Crippen LogP) is 5.69. The average molecular weight is 373 g/mol. The molecule has 0 saturated carbocycles. The fourth-order valence-corrected chi connectivity index (χ4v) is 3.25. The van der Waals surface area contributed by atoms with Crippen molar-refractivity contribution >= 4 is 5.69 Å². The molecule has 1 heterocycles. The van der Waals surface area contributed by atoms with Crippen molar-refractivity contribution in [2.45, 2.75) is 19.9 Å². The van der Waals surface area contributed by atoms with Gasteiger partial charge in [0.05, 0.1) is 5.56 Å². The SMILES string of the molecule is Cc1cc(C)cc(N[C@@H](c2ccccc2)c2nnc(-c3ccccc3F)o2)c1. The van der Waals surface area contributed by atoms with Crippen molar-refractivity contribution < 1.29 is 8.81 Å². The molecule has 0 bridgehead atoms. The number of nitrogens with one attached hydrogen (secondary N) is 1. The number of rotatable bonds is 5. The second-order valence-electron chi connectivity index (χ2n) is 6.79. The molecule has 4 aromatic rings. The van der Waals surface area contributed by atoms with E-state index in [9.17, 15) is 4.39 Å². The van der Waals surface area contributed by atoms with Crippen LogP contribution in [0.5, 0.6) is 0 Å². The van der Waals surface area contributed by atoms with Gasteiger partial charge in [0, 0.05) is 5.69 Å². The summed E-state index contributed by atoms with van der Waals surface area (Å²) in [6, 6.07) is 22.1. The molecule has 3 aromatic carbocycles. The Morgan fingerprint density at radius 3 is 2.25 bits per heavy atom. The highest BCUT2D eigenvalue weighted by molar-refractivity contribution is 5.54. The number of nitrogens with zero attached hydrogens (tertiary/aromatic N) is 2. The highest BCUT2D eigenvalue weighted by atomic mass is 19.1. The van der Waals surface area contributed by atoms with Crippen LogP contribution in [0.25, 0.3) is 11.5 Å². The van der Waals surface area contributed by atoms with Crippen molar-refractivity contribution in [3.05, 3.63) is 101 Å². The highest BCUT2D eigenvalue weighted by Crippen LogP contribution is 2.29. The van der Waals surface area contributed by atoms with Crippen molar-refractivity contribution in [1.82, 2.24) is 10.2 Å². The van der Waals surface area contributed by atoms with Crippen molar-refractivity contribution in [3.63, 3.8) is 0 Å². The molecule has 0 fully saturated rings. The maximum absolute atomic E-state index is 14.1. The van der Waals surface area contributed by atoms with Gasteiger partial charge in [-0.25, -0.2) is 4.39 Å². The van der Waals surface area contributed by atoms with Crippen LogP contribution in [-0.4, -0.2) is 10.2 Å². The molecule has 1 N–H and O–H groups in total. The molecule has 1 atom stereocenters. The van der Waals surface area contributed by atoms with Gasteiger partial charge < -0.3 is 9.73 Å². The normalized spacial score (nSPS) is 12.0. The lowest BCUT2D eigenvalue weighted by Crippen LogP contribution is -2.13. The minimum atomic E-state index is -0.392. The van der Waals surface area contributed by atoms with Crippen molar-refractivity contribution in [3.8, 4) is 11.5 Å². The second-order valence-corrected chi connectivity index (χ2v) is 6.79. The van der Waals surface area contributed by atoms with E-state index >= 15 is 0 Å². The smallest absolute Gasteiger partial charge is 0.250 e. The molecule has 5 heteroatoms. The van der Waals surface area contributed by atoms with Crippen LogP contribution in [0, 0.1) is 19.7 Å². The Bertz CT molecular complexity index is 1070. The largest absolute Gasteiger partial charge is 0.418 e. The molecule has 0 unspecified atom stereocenters. The third kappa shape index (κ3) is 3.78. The van der Waals surface area contributed by atoms with E-state index in [0.717, 1.165) is 22.4 Å². The van der Waals surface area contributed by atoms with Gasteiger partial charge in [0.1, 0.15) is 11.9 Å². The molecule has 140 valence electrons. The fourth-order valence-electron chi connectivity index (χ4n) is 3.25. The third-order valence-electron chi connectivity index (χ3n) is 4.46. The summed E-state index contributed by atoms with van der Waals surface area (Å²) in [6.07, 6.45) is 0. The molecular weight excluding hydrogens is 353 g/mol. The lowest BCUT2D eigenvalue weighted by molar-refractivity contribution is 0.490. The van der Waals surface area contributed by atoms with Gasteiger partial charge in [-0.15, -0.1) is 10.2 Å². The molecular formula is C23H20FN3O. The topological polar surface area (TPSA) is 51.0 Å². The summed E-state index contributed by atoms with van der Waals surface area (Å²) < 4.78 is 20.0. The summed E-state index contributed by atoms with van der Waals surface area (Å²) in [5.41, 5.74) is 4.54. The highest BCUT2D eigenvalue weighted by Gasteiger charge is 2.22. The van der Waals surface area contributed by atoms with E-state index in [2.05, 4.69) is 47.6 Å². The minimum Gasteiger partial charge on any atom is -0.418 e. The van der Waals surface area contributed by atoms with E-state index in [0.29, 0.717) is 11.5 Å². The molecule has 0 saturated heterocycles. The predicted molar refractivity (Wildman–Crippen MR) is 108 cm³/mol. The zero-order chi connectivity index (χ0) is 19.5. The van der Waals surface area contributed by atoms with E-state index in [4.69, 9.17) is 4.42 Å². The molecule has 0 radical (unpaired) electrons. The molecule has 4 nitrogen and oxygen atoms in total. The number of halogens is 1. The van der Waals surface area contributed by atoms with Gasteiger partial charge in [-0.05, 0) is 54.8 Å². The number of hydrogen-bond donors (Lipinski definition) is 1. The summed E-state index contributed by atoms with van der Waals surface area (Å²) in [5.74, 6) is 0.149. The van der Waals surface area contributed by atoms with Crippen LogP contribution in [0.1, 0.15) is 28.6 Å². The van der Waals surface area contributed by atoms with Gasteiger partial charge in [-0.2, -0.15) is 0 Å². The Kier molecular flexibility index (Phi) is 4.89. The minimum absolute atomic E-state index is 0.163. The lowest BCUT2D eigenvalue weighted by atomic mass is 10.1. The Morgan fingerprint density at radius 2 is 1.54 bits per heavy atom. The molecule has 0 aliphatic rings. The van der Waals surface area contributed by atoms with Gasteiger partial charge in [0.2, 0.25) is 5.89 Å². The molecule has 1 aromatic heterocycles. The van der Waals surface area contributed by atoms with Gasteiger partial charge in [-0.3, -0.25) is 0 Å². The monoisotopic (exact) mass is 373 g/mol. The molecule has 0 spiro atoms. The van der Waals surface area contributed by atoms with Crippen LogP contribution in [-0.2, 0) is 0 Å². The zero-order valence-corrected chi connectivity index (χ0v) is 15.7. The van der Waals surface area contributed by atoms with Crippen LogP contribution < -0.4 is 5.32 Å². The van der Waals surface area contributed by atoms with Crippen LogP contribution in [0.15, 0.2) is 77.2 Å². The third-order valence-corrected chi connectivity index (χ3v) is 4.46. The maximum atomic E-state index is 14.1. The van der Waals surface area contributed by atoms with E-state index in [1.54, 1.807) is 18.2 Å². The summed E-state index contributed by atoms with van der Waals surface area (Å²) in [6.45, 7) is 4.11. The van der Waals surface area contributed by atoms with Crippen molar-refractivity contribution in [2.75, 3.05) is 5.32 Å². The van der Waals surface area contributed by atoms with Crippen LogP contribution in [0.2, 0.25) is 0 Å². The standard InChI is InChI=1S/C23H20FN3O/c1-15-12-16(2)14-18(13-15)25-21(17-8-4-3-5-9-17)23-27-26-22(28-23)19-10-6-7-11-20(19)24/h3-14,21,25H,1-2H3/t21-/m0/s1. The number of aryl methyl sites for hydroxylation is 2. The van der Waals surface area contributed by atoms with Crippen LogP contribution in [0.4, 0.5) is 10.1 Å². The number of aromatic nitrogens is 2. The Balaban J connectivity index is 1.73. The Labute approximate surface area is 163 Å². The van der Waals surface area contributed by atoms with Crippen molar-refractivity contribution in [1.29, 1.82) is 0 Å². The molecule has 0 amide bonds. The molecule has 0 aliphatic heterocycles. The molecule has 4 rings (SSSR count). The van der Waals surface area contributed by atoms with Gasteiger partial charge >= 0.3 is 0 Å². The quantitative estimate of drug-likeness (QED) is 0.488. The lowest BCUT2D eigenvalue weighted by Gasteiger charge is -2.18. The first-order valence-electron chi connectivity index (χ1n) is 9.08. The molecule has 28 heavy (non-hydrogen) atoms. The Hall–Kier alpha value is -3.47. The van der Waals surface area contributed by atoms with E-state index in [1.807, 2.05) is 30.3 Å². The summed E-state index contributed by atoms with van der Waals surface area (Å²) in [4.78, 5) is 0. The van der Waals surface area contributed by atoms with E-state index in [-0.39, 0.29) is 11.9 Å². The maximum Gasteiger partial charge on any atom is 0.250 e. The molecule has 0 aliphatic carbocycles. The number of benzene rings is 3. The first kappa shape index (κ1) is 17.9. The van der Waals surface area contributed by atoms with Gasteiger partial charge in [0.25, 0.3) is 5.89 Å². The Morgan fingerprint density at radius 1 is 0.857 bits per heavy atom. The number of anilines is 1. The number of hydrogen-bond acceptors (Lipinski definition) is 4.